The number of halogens is 1. The first-order valence-electron chi connectivity index (χ1n) is 6.29. The molecule has 0 bridgehead atoms. The zero-order valence-corrected chi connectivity index (χ0v) is 13.6. The van der Waals surface area contributed by atoms with Crippen molar-refractivity contribution < 1.29 is 0 Å². The fourth-order valence-electron chi connectivity index (χ4n) is 2.32. The molecule has 2 rings (SSSR count). The Morgan fingerprint density at radius 3 is 2.42 bits per heavy atom. The van der Waals surface area contributed by atoms with Gasteiger partial charge in [-0.3, -0.25) is 9.36 Å². The molecule has 0 saturated carbocycles. The van der Waals surface area contributed by atoms with E-state index in [0.29, 0.717) is 0 Å². The average Bonchev–Trinajstić information content (AvgIpc) is 2.81. The molecule has 0 aliphatic heterocycles. The van der Waals surface area contributed by atoms with E-state index in [2.05, 4.69) is 38.4 Å². The van der Waals surface area contributed by atoms with E-state index in [1.165, 1.54) is 17.0 Å². The van der Waals surface area contributed by atoms with E-state index in [4.69, 9.17) is 0 Å². The first-order valence-corrected chi connectivity index (χ1v) is 7.08. The predicted octanol–water partition coefficient (Wildman–Crippen LogP) is 2.04. The molecule has 104 valence electrons. The molecular formula is C13H20BrN5. The Bertz CT molecular complexity index is 584. The third kappa shape index (κ3) is 2.60. The summed E-state index contributed by atoms with van der Waals surface area (Å²) in [6, 6.07) is 0.236. The molecule has 0 radical (unpaired) electrons. The van der Waals surface area contributed by atoms with Gasteiger partial charge in [0.05, 0.1) is 22.1 Å². The van der Waals surface area contributed by atoms with Crippen molar-refractivity contribution in [3.63, 3.8) is 0 Å². The topological polar surface area (TPSA) is 47.7 Å². The maximum absolute atomic E-state index is 4.44. The first-order chi connectivity index (χ1) is 8.95. The van der Waals surface area contributed by atoms with Gasteiger partial charge in [0.2, 0.25) is 0 Å². The van der Waals surface area contributed by atoms with Crippen LogP contribution in [0.1, 0.15) is 28.7 Å². The molecule has 0 aliphatic rings. The summed E-state index contributed by atoms with van der Waals surface area (Å²) in [5.41, 5.74) is 4.64. The van der Waals surface area contributed by atoms with Crippen LogP contribution >= 0.6 is 15.9 Å². The summed E-state index contributed by atoms with van der Waals surface area (Å²) < 4.78 is 4.94. The number of hydrogen-bond donors (Lipinski definition) is 1. The van der Waals surface area contributed by atoms with Gasteiger partial charge in [0.15, 0.2) is 0 Å². The molecule has 2 aromatic rings. The van der Waals surface area contributed by atoms with E-state index in [-0.39, 0.29) is 6.04 Å². The normalized spacial score (nSPS) is 12.9. The smallest absolute Gasteiger partial charge is 0.0738 e. The zero-order valence-electron chi connectivity index (χ0n) is 12.0. The molecule has 0 amide bonds. The summed E-state index contributed by atoms with van der Waals surface area (Å²) in [7, 11) is 5.93. The minimum absolute atomic E-state index is 0.236. The molecule has 2 heterocycles. The fourth-order valence-corrected chi connectivity index (χ4v) is 2.82. The molecule has 1 unspecified atom stereocenters. The molecule has 0 aliphatic carbocycles. The molecule has 0 fully saturated rings. The van der Waals surface area contributed by atoms with E-state index in [1.54, 1.807) is 0 Å². The van der Waals surface area contributed by atoms with Gasteiger partial charge in [0.25, 0.3) is 0 Å². The number of hydrogen-bond acceptors (Lipinski definition) is 3. The van der Waals surface area contributed by atoms with Crippen LogP contribution in [0.15, 0.2) is 10.7 Å². The molecule has 1 atom stereocenters. The third-order valence-electron chi connectivity index (χ3n) is 3.66. The standard InChI is InChI=1S/C13H20BrN5/c1-8-13(14)12(19(5)17-8)6-11(15-3)10-7-16-18(4)9(10)2/h7,11,15H,6H2,1-5H3. The van der Waals surface area contributed by atoms with Crippen LogP contribution in [-0.2, 0) is 20.5 Å². The van der Waals surface area contributed by atoms with Gasteiger partial charge in [-0.2, -0.15) is 10.2 Å². The molecule has 0 spiro atoms. The Labute approximate surface area is 122 Å². The van der Waals surface area contributed by atoms with Crippen LogP contribution in [0.25, 0.3) is 0 Å². The van der Waals surface area contributed by atoms with Gasteiger partial charge in [-0.05, 0) is 36.8 Å². The van der Waals surface area contributed by atoms with Crippen LogP contribution in [-0.4, -0.2) is 26.6 Å². The van der Waals surface area contributed by atoms with E-state index < -0.39 is 0 Å². The van der Waals surface area contributed by atoms with Crippen LogP contribution < -0.4 is 5.32 Å². The van der Waals surface area contributed by atoms with Crippen LogP contribution in [0, 0.1) is 13.8 Å². The maximum atomic E-state index is 4.44. The lowest BCUT2D eigenvalue weighted by molar-refractivity contribution is 0.556. The molecule has 0 saturated heterocycles. The summed E-state index contributed by atoms with van der Waals surface area (Å²) in [6.45, 7) is 4.10. The van der Waals surface area contributed by atoms with Gasteiger partial charge in [0, 0.05) is 37.8 Å². The average molecular weight is 326 g/mol. The van der Waals surface area contributed by atoms with Crippen LogP contribution in [0.2, 0.25) is 0 Å². The molecule has 2 aromatic heterocycles. The Morgan fingerprint density at radius 1 is 1.32 bits per heavy atom. The Kier molecular flexibility index (Phi) is 4.10. The monoisotopic (exact) mass is 325 g/mol. The molecular weight excluding hydrogens is 306 g/mol. The van der Waals surface area contributed by atoms with Gasteiger partial charge in [-0.15, -0.1) is 0 Å². The molecule has 19 heavy (non-hydrogen) atoms. The Morgan fingerprint density at radius 2 is 2.00 bits per heavy atom. The highest BCUT2D eigenvalue weighted by molar-refractivity contribution is 9.10. The second kappa shape index (κ2) is 5.46. The number of aromatic nitrogens is 4. The van der Waals surface area contributed by atoms with Crippen molar-refractivity contribution in [2.45, 2.75) is 26.3 Å². The highest BCUT2D eigenvalue weighted by Gasteiger charge is 2.20. The summed E-state index contributed by atoms with van der Waals surface area (Å²) in [5, 5.41) is 12.1. The van der Waals surface area contributed by atoms with Crippen LogP contribution in [0.5, 0.6) is 0 Å². The first kappa shape index (κ1) is 14.3. The Balaban J connectivity index is 2.32. The summed E-state index contributed by atoms with van der Waals surface area (Å²) in [5.74, 6) is 0. The van der Waals surface area contributed by atoms with Crippen molar-refractivity contribution in [2.75, 3.05) is 7.05 Å². The number of rotatable bonds is 4. The minimum atomic E-state index is 0.236. The molecule has 5 nitrogen and oxygen atoms in total. The Hall–Kier alpha value is -1.14. The van der Waals surface area contributed by atoms with Crippen molar-refractivity contribution in [2.24, 2.45) is 14.1 Å². The molecule has 6 heteroatoms. The van der Waals surface area contributed by atoms with Crippen LogP contribution in [0.3, 0.4) is 0 Å². The van der Waals surface area contributed by atoms with E-state index in [9.17, 15) is 0 Å². The van der Waals surface area contributed by atoms with Crippen LogP contribution in [0.4, 0.5) is 0 Å². The lowest BCUT2D eigenvalue weighted by Gasteiger charge is -2.16. The van der Waals surface area contributed by atoms with E-state index >= 15 is 0 Å². The summed E-state index contributed by atoms with van der Waals surface area (Å²) >= 11 is 3.62. The quantitative estimate of drug-likeness (QED) is 0.935. The zero-order chi connectivity index (χ0) is 14.2. The number of nitrogens with one attached hydrogen (secondary N) is 1. The maximum Gasteiger partial charge on any atom is 0.0738 e. The van der Waals surface area contributed by atoms with Gasteiger partial charge in [-0.25, -0.2) is 0 Å². The second-order valence-corrected chi connectivity index (χ2v) is 5.62. The third-order valence-corrected chi connectivity index (χ3v) is 4.69. The SMILES string of the molecule is CNC(Cc1c(Br)c(C)nn1C)c1cnn(C)c1C. The van der Waals surface area contributed by atoms with E-state index in [1.807, 2.05) is 43.6 Å². The van der Waals surface area contributed by atoms with Crippen molar-refractivity contribution >= 4 is 15.9 Å². The van der Waals surface area contributed by atoms with Gasteiger partial charge < -0.3 is 5.32 Å². The summed E-state index contributed by atoms with van der Waals surface area (Å²) in [6.07, 6.45) is 2.81. The number of likely N-dealkylation sites (N-methyl/N-ethyl adjacent to an activating group) is 1. The highest BCUT2D eigenvalue weighted by Crippen LogP contribution is 2.26. The largest absolute Gasteiger partial charge is 0.313 e. The molecule has 1 N–H and O–H groups in total. The minimum Gasteiger partial charge on any atom is -0.313 e. The van der Waals surface area contributed by atoms with Crippen molar-refractivity contribution in [3.8, 4) is 0 Å². The fraction of sp³-hybridized carbons (Fsp3) is 0.538. The van der Waals surface area contributed by atoms with Gasteiger partial charge in [-0.1, -0.05) is 0 Å². The predicted molar refractivity (Wildman–Crippen MR) is 79.1 cm³/mol. The highest BCUT2D eigenvalue weighted by atomic mass is 79.9. The lowest BCUT2D eigenvalue weighted by Crippen LogP contribution is -2.21. The lowest BCUT2D eigenvalue weighted by atomic mass is 10.0. The van der Waals surface area contributed by atoms with Gasteiger partial charge >= 0.3 is 0 Å². The summed E-state index contributed by atoms with van der Waals surface area (Å²) in [4.78, 5) is 0. The van der Waals surface area contributed by atoms with Gasteiger partial charge in [0.1, 0.15) is 0 Å². The number of aryl methyl sites for hydroxylation is 3. The van der Waals surface area contributed by atoms with Crippen molar-refractivity contribution in [1.29, 1.82) is 0 Å². The van der Waals surface area contributed by atoms with E-state index in [0.717, 1.165) is 16.6 Å². The molecule has 0 aromatic carbocycles. The number of nitrogens with zero attached hydrogens (tertiary/aromatic N) is 4. The second-order valence-electron chi connectivity index (χ2n) is 4.82. The van der Waals surface area contributed by atoms with Crippen molar-refractivity contribution in [1.82, 2.24) is 24.9 Å². The van der Waals surface area contributed by atoms with Crippen molar-refractivity contribution in [3.05, 3.63) is 33.3 Å².